The average molecular weight is 256 g/mol. The lowest BCUT2D eigenvalue weighted by Crippen LogP contribution is -2.66. The van der Waals surface area contributed by atoms with Gasteiger partial charge in [0, 0.05) is 19.9 Å². The fourth-order valence-electron chi connectivity index (χ4n) is 2.45. The zero-order valence-electron chi connectivity index (χ0n) is 11.2. The summed E-state index contributed by atoms with van der Waals surface area (Å²) in [5.74, 6) is -1.57. The first-order valence-corrected chi connectivity index (χ1v) is 5.88. The molecule has 0 aliphatic carbocycles. The minimum atomic E-state index is -1.29. The van der Waals surface area contributed by atoms with Crippen LogP contribution in [0.15, 0.2) is 0 Å². The first kappa shape index (κ1) is 14.5. The molecule has 2 unspecified atom stereocenters. The highest BCUT2D eigenvalue weighted by Crippen LogP contribution is 2.47. The third kappa shape index (κ3) is 2.19. The largest absolute Gasteiger partial charge is 0.481 e. The van der Waals surface area contributed by atoms with E-state index in [0.717, 1.165) is 0 Å². The van der Waals surface area contributed by atoms with Crippen molar-refractivity contribution >= 4 is 17.8 Å². The lowest BCUT2D eigenvalue weighted by molar-refractivity contribution is -0.168. The maximum Gasteiger partial charge on any atom is 0.312 e. The predicted octanol–water partition coefficient (Wildman–Crippen LogP) is 0.128. The van der Waals surface area contributed by atoms with Gasteiger partial charge in [0.15, 0.2) is 0 Å². The molecule has 0 aromatic rings. The van der Waals surface area contributed by atoms with Gasteiger partial charge in [0.25, 0.3) is 0 Å². The number of β-lactam (4-membered cyclic amide) rings is 1. The lowest BCUT2D eigenvalue weighted by atomic mass is 9.58. The van der Waals surface area contributed by atoms with Crippen LogP contribution in [0.5, 0.6) is 0 Å². The van der Waals surface area contributed by atoms with Gasteiger partial charge in [0.1, 0.15) is 5.41 Å². The van der Waals surface area contributed by atoms with E-state index < -0.39 is 22.8 Å². The molecule has 0 saturated carbocycles. The third-order valence-electron chi connectivity index (χ3n) is 3.76. The number of carboxylic acid groups (broad SMARTS) is 1. The van der Waals surface area contributed by atoms with E-state index >= 15 is 0 Å². The van der Waals surface area contributed by atoms with Crippen molar-refractivity contribution in [1.29, 1.82) is 0 Å². The van der Waals surface area contributed by atoms with Crippen LogP contribution in [0.1, 0.15) is 33.6 Å². The number of hydrogen-bond acceptors (Lipinski definition) is 3. The zero-order valence-corrected chi connectivity index (χ0v) is 11.2. The third-order valence-corrected chi connectivity index (χ3v) is 3.76. The van der Waals surface area contributed by atoms with Crippen LogP contribution >= 0.6 is 0 Å². The summed E-state index contributed by atoms with van der Waals surface area (Å²) in [6, 6.07) is -0.500. The molecule has 1 fully saturated rings. The molecule has 2 amide bonds. The minimum absolute atomic E-state index is 0.146. The summed E-state index contributed by atoms with van der Waals surface area (Å²) in [6.07, 6.45) is 0.00778. The normalized spacial score (nSPS) is 22.4. The Kier molecular flexibility index (Phi) is 3.69. The van der Waals surface area contributed by atoms with Gasteiger partial charge in [-0.15, -0.1) is 0 Å². The van der Waals surface area contributed by atoms with Gasteiger partial charge in [-0.2, -0.15) is 0 Å². The fraction of sp³-hybridized carbons (Fsp3) is 0.750. The van der Waals surface area contributed by atoms with Gasteiger partial charge >= 0.3 is 5.97 Å². The second kappa shape index (κ2) is 4.59. The summed E-state index contributed by atoms with van der Waals surface area (Å²) in [4.78, 5) is 34.4. The minimum Gasteiger partial charge on any atom is -0.481 e. The van der Waals surface area contributed by atoms with Gasteiger partial charge in [-0.25, -0.2) is 0 Å². The number of hydrogen-bond donors (Lipinski definition) is 3. The van der Waals surface area contributed by atoms with Crippen LogP contribution in [0.2, 0.25) is 0 Å². The van der Waals surface area contributed by atoms with Crippen LogP contribution in [0.3, 0.4) is 0 Å². The van der Waals surface area contributed by atoms with Crippen molar-refractivity contribution in [3.63, 3.8) is 0 Å². The van der Waals surface area contributed by atoms with Crippen LogP contribution in [0, 0.1) is 10.8 Å². The number of rotatable bonds is 4. The van der Waals surface area contributed by atoms with E-state index in [1.807, 2.05) is 0 Å². The van der Waals surface area contributed by atoms with E-state index in [9.17, 15) is 19.5 Å². The summed E-state index contributed by atoms with van der Waals surface area (Å²) in [5, 5.41) is 14.6. The molecular formula is C12H20N2O4. The van der Waals surface area contributed by atoms with Crippen LogP contribution in [-0.2, 0) is 14.4 Å². The molecule has 0 spiro atoms. The van der Waals surface area contributed by atoms with Gasteiger partial charge in [-0.3, -0.25) is 14.4 Å². The number of aliphatic carboxylic acids is 1. The Hall–Kier alpha value is -1.59. The van der Waals surface area contributed by atoms with Gasteiger partial charge in [0.05, 0.1) is 6.04 Å². The zero-order chi connectivity index (χ0) is 14.1. The topological polar surface area (TPSA) is 95.5 Å². The first-order chi connectivity index (χ1) is 8.15. The van der Waals surface area contributed by atoms with Crippen molar-refractivity contribution in [2.45, 2.75) is 39.7 Å². The van der Waals surface area contributed by atoms with Gasteiger partial charge in [-0.1, -0.05) is 20.8 Å². The van der Waals surface area contributed by atoms with Crippen LogP contribution < -0.4 is 10.6 Å². The number of nitrogens with one attached hydrogen (secondary N) is 2. The smallest absolute Gasteiger partial charge is 0.312 e. The lowest BCUT2D eigenvalue weighted by Gasteiger charge is -2.49. The molecule has 0 bridgehead atoms. The van der Waals surface area contributed by atoms with Crippen molar-refractivity contribution in [2.75, 3.05) is 7.05 Å². The summed E-state index contributed by atoms with van der Waals surface area (Å²) < 4.78 is 0. The molecule has 2 atom stereocenters. The van der Waals surface area contributed by atoms with Crippen molar-refractivity contribution in [3.8, 4) is 0 Å². The standard InChI is InChI=1S/C12H20N2O4/c1-11(2,3)12(10(17)18,6-9(16)13-4)7-5-8(15)14-7/h7H,5-6H2,1-4H3,(H,13,16)(H,14,15)(H,17,18). The Labute approximate surface area is 106 Å². The highest BCUT2D eigenvalue weighted by Gasteiger charge is 2.58. The predicted molar refractivity (Wildman–Crippen MR) is 64.8 cm³/mol. The number of carbonyl (C=O) groups excluding carboxylic acids is 2. The quantitative estimate of drug-likeness (QED) is 0.623. The molecule has 0 aromatic carbocycles. The molecule has 6 heteroatoms. The second-order valence-corrected chi connectivity index (χ2v) is 5.70. The Balaban J connectivity index is 3.15. The van der Waals surface area contributed by atoms with Gasteiger partial charge < -0.3 is 15.7 Å². The number of carbonyl (C=O) groups is 3. The van der Waals surface area contributed by atoms with E-state index in [1.165, 1.54) is 7.05 Å². The number of amides is 2. The Morgan fingerprint density at radius 3 is 2.22 bits per heavy atom. The summed E-state index contributed by atoms with van der Waals surface area (Å²) >= 11 is 0. The Morgan fingerprint density at radius 1 is 1.44 bits per heavy atom. The van der Waals surface area contributed by atoms with Crippen LogP contribution in [0.4, 0.5) is 0 Å². The SMILES string of the molecule is CNC(=O)CC(C(=O)O)(C1CC(=O)N1)C(C)(C)C. The second-order valence-electron chi connectivity index (χ2n) is 5.70. The summed E-state index contributed by atoms with van der Waals surface area (Å²) in [6.45, 7) is 5.32. The molecular weight excluding hydrogens is 236 g/mol. The van der Waals surface area contributed by atoms with Crippen LogP contribution in [-0.4, -0.2) is 36.0 Å². The first-order valence-electron chi connectivity index (χ1n) is 5.88. The Bertz CT molecular complexity index is 378. The molecule has 0 radical (unpaired) electrons. The highest BCUT2D eigenvalue weighted by atomic mass is 16.4. The molecule has 3 N–H and O–H groups in total. The summed E-state index contributed by atoms with van der Waals surface area (Å²) in [7, 11) is 1.47. The van der Waals surface area contributed by atoms with E-state index in [1.54, 1.807) is 20.8 Å². The van der Waals surface area contributed by atoms with Gasteiger partial charge in [0.2, 0.25) is 11.8 Å². The molecule has 1 rings (SSSR count). The summed E-state index contributed by atoms with van der Waals surface area (Å²) in [5.41, 5.74) is -1.94. The number of carboxylic acids is 1. The molecule has 1 aliphatic rings. The monoisotopic (exact) mass is 256 g/mol. The molecule has 1 aliphatic heterocycles. The van der Waals surface area contributed by atoms with Crippen LogP contribution in [0.25, 0.3) is 0 Å². The van der Waals surface area contributed by atoms with Crippen molar-refractivity contribution in [1.82, 2.24) is 10.6 Å². The van der Waals surface area contributed by atoms with Gasteiger partial charge in [-0.05, 0) is 5.41 Å². The van der Waals surface area contributed by atoms with Crippen molar-refractivity contribution < 1.29 is 19.5 Å². The molecule has 1 saturated heterocycles. The Morgan fingerprint density at radius 2 is 1.94 bits per heavy atom. The maximum absolute atomic E-state index is 11.7. The highest BCUT2D eigenvalue weighted by molar-refractivity contribution is 5.91. The maximum atomic E-state index is 11.7. The van der Waals surface area contributed by atoms with E-state index in [-0.39, 0.29) is 24.7 Å². The fourth-order valence-corrected chi connectivity index (χ4v) is 2.45. The average Bonchev–Trinajstić information content (AvgIpc) is 2.19. The van der Waals surface area contributed by atoms with E-state index in [4.69, 9.17) is 0 Å². The molecule has 1 heterocycles. The van der Waals surface area contributed by atoms with Crippen molar-refractivity contribution in [2.24, 2.45) is 10.8 Å². The van der Waals surface area contributed by atoms with E-state index in [0.29, 0.717) is 0 Å². The van der Waals surface area contributed by atoms with Crippen molar-refractivity contribution in [3.05, 3.63) is 0 Å². The molecule has 0 aromatic heterocycles. The van der Waals surface area contributed by atoms with E-state index in [2.05, 4.69) is 10.6 Å². The molecule has 18 heavy (non-hydrogen) atoms. The molecule has 6 nitrogen and oxygen atoms in total. The molecule has 102 valence electrons.